The molecule has 1 atom stereocenters. The number of alkyl halides is 1. The molecule has 0 saturated carbocycles. The van der Waals surface area contributed by atoms with Crippen molar-refractivity contribution in [2.24, 2.45) is 5.92 Å². The zero-order valence-electron chi connectivity index (χ0n) is 10.1. The van der Waals surface area contributed by atoms with Gasteiger partial charge in [-0.2, -0.15) is 0 Å². The van der Waals surface area contributed by atoms with Crippen LogP contribution in [0.1, 0.15) is 17.3 Å². The van der Waals surface area contributed by atoms with Crippen molar-refractivity contribution in [2.45, 2.75) is 6.92 Å². The second-order valence-corrected chi connectivity index (χ2v) is 5.09. The van der Waals surface area contributed by atoms with Crippen molar-refractivity contribution in [1.29, 1.82) is 0 Å². The Balaban J connectivity index is 2.36. The van der Waals surface area contributed by atoms with Gasteiger partial charge in [-0.3, -0.25) is 9.59 Å². The van der Waals surface area contributed by atoms with Gasteiger partial charge >= 0.3 is 5.97 Å². The number of esters is 1. The van der Waals surface area contributed by atoms with Crippen molar-refractivity contribution < 1.29 is 14.3 Å². The number of carbonyl (C=O) groups excluding carboxylic acids is 2. The number of thioether (sulfide) groups is 1. The van der Waals surface area contributed by atoms with Crippen molar-refractivity contribution in [3.63, 3.8) is 0 Å². The SMILES string of the molecule is CC(CSC(=O)c1ccccc1)C(=O)OCCCl. The minimum absolute atomic E-state index is 0.0346. The minimum Gasteiger partial charge on any atom is -0.464 e. The zero-order chi connectivity index (χ0) is 13.4. The molecular weight excluding hydrogens is 272 g/mol. The summed E-state index contributed by atoms with van der Waals surface area (Å²) >= 11 is 6.55. The molecule has 0 spiro atoms. The largest absolute Gasteiger partial charge is 0.464 e. The first-order valence-corrected chi connectivity index (χ1v) is 7.12. The Morgan fingerprint density at radius 1 is 1.33 bits per heavy atom. The number of rotatable bonds is 6. The molecule has 0 radical (unpaired) electrons. The lowest BCUT2D eigenvalue weighted by Gasteiger charge is -2.09. The van der Waals surface area contributed by atoms with E-state index < -0.39 is 0 Å². The van der Waals surface area contributed by atoms with Gasteiger partial charge in [0.1, 0.15) is 6.61 Å². The fourth-order valence-corrected chi connectivity index (χ4v) is 2.13. The summed E-state index contributed by atoms with van der Waals surface area (Å²) < 4.78 is 4.90. The number of hydrogen-bond acceptors (Lipinski definition) is 4. The highest BCUT2D eigenvalue weighted by Crippen LogP contribution is 2.16. The maximum absolute atomic E-state index is 11.8. The molecule has 0 heterocycles. The van der Waals surface area contributed by atoms with E-state index in [2.05, 4.69) is 0 Å². The third-order valence-electron chi connectivity index (χ3n) is 2.20. The van der Waals surface area contributed by atoms with Crippen LogP contribution < -0.4 is 0 Å². The van der Waals surface area contributed by atoms with Crippen molar-refractivity contribution in [2.75, 3.05) is 18.2 Å². The van der Waals surface area contributed by atoms with Crippen molar-refractivity contribution in [1.82, 2.24) is 0 Å². The van der Waals surface area contributed by atoms with Crippen LogP contribution in [0.15, 0.2) is 30.3 Å². The van der Waals surface area contributed by atoms with Crippen LogP contribution in [0.5, 0.6) is 0 Å². The lowest BCUT2D eigenvalue weighted by molar-refractivity contribution is -0.146. The summed E-state index contributed by atoms with van der Waals surface area (Å²) in [6, 6.07) is 8.99. The van der Waals surface area contributed by atoms with E-state index in [-0.39, 0.29) is 29.5 Å². The molecule has 1 aromatic rings. The summed E-state index contributed by atoms with van der Waals surface area (Å²) in [5, 5.41) is -0.0346. The predicted molar refractivity (Wildman–Crippen MR) is 74.1 cm³/mol. The highest BCUT2D eigenvalue weighted by atomic mass is 35.5. The fourth-order valence-electron chi connectivity index (χ4n) is 1.21. The summed E-state index contributed by atoms with van der Waals surface area (Å²) in [7, 11) is 0. The molecule has 0 aliphatic carbocycles. The van der Waals surface area contributed by atoms with Crippen LogP contribution in [0.25, 0.3) is 0 Å². The number of hydrogen-bond donors (Lipinski definition) is 0. The summed E-state index contributed by atoms with van der Waals surface area (Å²) in [6.07, 6.45) is 0. The van der Waals surface area contributed by atoms with Crippen LogP contribution in [0.3, 0.4) is 0 Å². The summed E-state index contributed by atoms with van der Waals surface area (Å²) in [5.74, 6) is 0.0681. The summed E-state index contributed by atoms with van der Waals surface area (Å²) in [4.78, 5) is 23.2. The Kier molecular flexibility index (Phi) is 6.83. The van der Waals surface area contributed by atoms with Gasteiger partial charge in [-0.1, -0.05) is 49.0 Å². The van der Waals surface area contributed by atoms with E-state index in [9.17, 15) is 9.59 Å². The molecule has 0 aromatic heterocycles. The molecule has 1 aromatic carbocycles. The number of halogens is 1. The summed E-state index contributed by atoms with van der Waals surface area (Å²) in [6.45, 7) is 1.95. The molecule has 0 N–H and O–H groups in total. The van der Waals surface area contributed by atoms with Gasteiger partial charge in [0.2, 0.25) is 5.12 Å². The highest BCUT2D eigenvalue weighted by Gasteiger charge is 2.16. The van der Waals surface area contributed by atoms with Gasteiger partial charge < -0.3 is 4.74 Å². The van der Waals surface area contributed by atoms with Gasteiger partial charge in [-0.05, 0) is 0 Å². The van der Waals surface area contributed by atoms with Gasteiger partial charge in [0, 0.05) is 11.3 Å². The average Bonchev–Trinajstić information content (AvgIpc) is 2.42. The molecule has 18 heavy (non-hydrogen) atoms. The van der Waals surface area contributed by atoms with E-state index in [0.29, 0.717) is 11.3 Å². The van der Waals surface area contributed by atoms with E-state index >= 15 is 0 Å². The normalized spacial score (nSPS) is 11.9. The van der Waals surface area contributed by atoms with E-state index in [1.807, 2.05) is 18.2 Å². The lowest BCUT2D eigenvalue weighted by atomic mass is 10.2. The molecule has 5 heteroatoms. The molecule has 98 valence electrons. The Hall–Kier alpha value is -1.00. The third kappa shape index (κ3) is 5.10. The minimum atomic E-state index is -0.316. The first-order chi connectivity index (χ1) is 8.65. The molecule has 1 rings (SSSR count). The van der Waals surface area contributed by atoms with Crippen LogP contribution >= 0.6 is 23.4 Å². The van der Waals surface area contributed by atoms with Gasteiger partial charge in [0.25, 0.3) is 0 Å². The highest BCUT2D eigenvalue weighted by molar-refractivity contribution is 8.14. The number of carbonyl (C=O) groups is 2. The predicted octanol–water partition coefficient (Wildman–Crippen LogP) is 2.98. The van der Waals surface area contributed by atoms with Crippen LogP contribution in [-0.2, 0) is 9.53 Å². The number of benzene rings is 1. The standard InChI is InChI=1S/C13H15ClO3S/c1-10(12(15)17-8-7-14)9-18-13(16)11-5-3-2-4-6-11/h2-6,10H,7-9H2,1H3. The van der Waals surface area contributed by atoms with Gasteiger partial charge in [-0.25, -0.2) is 0 Å². The first-order valence-electron chi connectivity index (χ1n) is 5.60. The van der Waals surface area contributed by atoms with Gasteiger partial charge in [0.05, 0.1) is 11.8 Å². The molecule has 3 nitrogen and oxygen atoms in total. The van der Waals surface area contributed by atoms with E-state index in [1.54, 1.807) is 19.1 Å². The Labute approximate surface area is 116 Å². The van der Waals surface area contributed by atoms with Crippen molar-refractivity contribution in [3.05, 3.63) is 35.9 Å². The van der Waals surface area contributed by atoms with Crippen LogP contribution in [0.2, 0.25) is 0 Å². The quantitative estimate of drug-likeness (QED) is 0.596. The molecular formula is C13H15ClO3S. The lowest BCUT2D eigenvalue weighted by Crippen LogP contribution is -2.18. The summed E-state index contributed by atoms with van der Waals surface area (Å²) in [5.41, 5.74) is 0.642. The first kappa shape index (κ1) is 15.1. The Bertz CT molecular complexity index is 394. The molecule has 0 amide bonds. The van der Waals surface area contributed by atoms with Gasteiger partial charge in [-0.15, -0.1) is 11.6 Å². The molecule has 1 unspecified atom stereocenters. The van der Waals surface area contributed by atoms with Crippen LogP contribution in [0.4, 0.5) is 0 Å². The topological polar surface area (TPSA) is 43.4 Å². The second-order valence-electron chi connectivity index (χ2n) is 3.72. The monoisotopic (exact) mass is 286 g/mol. The van der Waals surface area contributed by atoms with Crippen molar-refractivity contribution in [3.8, 4) is 0 Å². The Morgan fingerprint density at radius 2 is 2.00 bits per heavy atom. The zero-order valence-corrected chi connectivity index (χ0v) is 11.7. The van der Waals surface area contributed by atoms with Crippen LogP contribution in [0, 0.1) is 5.92 Å². The average molecular weight is 287 g/mol. The molecule has 0 saturated heterocycles. The maximum atomic E-state index is 11.8. The molecule has 0 bridgehead atoms. The fraction of sp³-hybridized carbons (Fsp3) is 0.385. The second kappa shape index (κ2) is 8.16. The maximum Gasteiger partial charge on any atom is 0.309 e. The molecule has 0 fully saturated rings. The Morgan fingerprint density at radius 3 is 2.61 bits per heavy atom. The third-order valence-corrected chi connectivity index (χ3v) is 3.52. The molecule has 0 aliphatic heterocycles. The van der Waals surface area contributed by atoms with E-state index in [0.717, 1.165) is 11.8 Å². The molecule has 0 aliphatic rings. The number of ether oxygens (including phenoxy) is 1. The van der Waals surface area contributed by atoms with E-state index in [4.69, 9.17) is 16.3 Å². The van der Waals surface area contributed by atoms with E-state index in [1.165, 1.54) is 0 Å². The van der Waals surface area contributed by atoms with Gasteiger partial charge in [0.15, 0.2) is 0 Å². The smallest absolute Gasteiger partial charge is 0.309 e. The van der Waals surface area contributed by atoms with Crippen molar-refractivity contribution >= 4 is 34.4 Å². The van der Waals surface area contributed by atoms with Crippen LogP contribution in [-0.4, -0.2) is 29.3 Å².